The summed E-state index contributed by atoms with van der Waals surface area (Å²) in [5.41, 5.74) is 0. The highest BCUT2D eigenvalue weighted by Gasteiger charge is 2.13. The molecule has 0 saturated carbocycles. The molecule has 0 aromatic rings. The van der Waals surface area contributed by atoms with Crippen LogP contribution >= 0.6 is 0 Å². The minimum absolute atomic E-state index is 0.113. The van der Waals surface area contributed by atoms with Crippen molar-refractivity contribution in [1.82, 2.24) is 10.6 Å². The van der Waals surface area contributed by atoms with Crippen LogP contribution in [0.2, 0.25) is 0 Å². The summed E-state index contributed by atoms with van der Waals surface area (Å²) in [5, 5.41) is 14.5. The van der Waals surface area contributed by atoms with Crippen LogP contribution in [0.15, 0.2) is 0 Å². The third-order valence-electron chi connectivity index (χ3n) is 3.09. The van der Waals surface area contributed by atoms with Crippen molar-refractivity contribution in [2.45, 2.75) is 46.6 Å². The van der Waals surface area contributed by atoms with Gasteiger partial charge in [-0.25, -0.2) is 4.79 Å². The molecule has 0 radical (unpaired) electrons. The van der Waals surface area contributed by atoms with E-state index in [2.05, 4.69) is 24.5 Å². The van der Waals surface area contributed by atoms with Crippen LogP contribution < -0.4 is 10.6 Å². The van der Waals surface area contributed by atoms with Gasteiger partial charge in [-0.15, -0.1) is 0 Å². The molecule has 3 N–H and O–H groups in total. The number of rotatable bonds is 7. The van der Waals surface area contributed by atoms with Crippen LogP contribution in [-0.4, -0.2) is 30.3 Å². The average molecular weight is 230 g/mol. The Bertz CT molecular complexity index is 197. The van der Waals surface area contributed by atoms with E-state index in [1.807, 2.05) is 13.8 Å². The summed E-state index contributed by atoms with van der Waals surface area (Å²) in [6.07, 6.45) is 1.78. The molecule has 4 heteroatoms. The van der Waals surface area contributed by atoms with Crippen LogP contribution in [0.1, 0.15) is 40.5 Å². The molecule has 96 valence electrons. The maximum absolute atomic E-state index is 11.5. The molecule has 0 heterocycles. The number of hydrogen-bond acceptors (Lipinski definition) is 2. The van der Waals surface area contributed by atoms with Gasteiger partial charge < -0.3 is 15.7 Å². The van der Waals surface area contributed by atoms with Crippen molar-refractivity contribution in [1.29, 1.82) is 0 Å². The van der Waals surface area contributed by atoms with Gasteiger partial charge in [0.2, 0.25) is 0 Å². The number of nitrogens with one attached hydrogen (secondary N) is 2. The normalized spacial score (nSPS) is 16.3. The average Bonchev–Trinajstić information content (AvgIpc) is 2.25. The van der Waals surface area contributed by atoms with Crippen molar-refractivity contribution in [3.63, 3.8) is 0 Å². The van der Waals surface area contributed by atoms with Crippen molar-refractivity contribution in [3.05, 3.63) is 0 Å². The lowest BCUT2D eigenvalue weighted by molar-refractivity contribution is 0.227. The molecule has 3 unspecified atom stereocenters. The van der Waals surface area contributed by atoms with Gasteiger partial charge in [0.05, 0.1) is 0 Å². The highest BCUT2D eigenvalue weighted by atomic mass is 16.3. The van der Waals surface area contributed by atoms with Crippen LogP contribution in [0.5, 0.6) is 0 Å². The Balaban J connectivity index is 3.73. The molecule has 2 amide bonds. The van der Waals surface area contributed by atoms with Gasteiger partial charge in [-0.05, 0) is 25.2 Å². The summed E-state index contributed by atoms with van der Waals surface area (Å²) in [5.74, 6) is 0.801. The maximum atomic E-state index is 11.5. The highest BCUT2D eigenvalue weighted by Crippen LogP contribution is 2.06. The minimum Gasteiger partial charge on any atom is -0.396 e. The fraction of sp³-hybridized carbons (Fsp3) is 0.917. The fourth-order valence-corrected chi connectivity index (χ4v) is 1.34. The first-order valence-electron chi connectivity index (χ1n) is 6.16. The summed E-state index contributed by atoms with van der Waals surface area (Å²) in [6, 6.07) is 0.0794. The third kappa shape index (κ3) is 6.67. The van der Waals surface area contributed by atoms with Crippen molar-refractivity contribution in [3.8, 4) is 0 Å². The number of urea groups is 1. The van der Waals surface area contributed by atoms with Gasteiger partial charge in [0, 0.05) is 19.2 Å². The quantitative estimate of drug-likeness (QED) is 0.624. The molecule has 0 aliphatic rings. The van der Waals surface area contributed by atoms with Crippen LogP contribution in [0.4, 0.5) is 4.79 Å². The molecule has 0 saturated heterocycles. The Kier molecular flexibility index (Phi) is 7.99. The van der Waals surface area contributed by atoms with Gasteiger partial charge in [0.1, 0.15) is 0 Å². The molecule has 4 nitrogen and oxygen atoms in total. The molecule has 0 aromatic heterocycles. The number of aliphatic hydroxyl groups excluding tert-OH is 1. The molecular weight excluding hydrogens is 204 g/mol. The lowest BCUT2D eigenvalue weighted by atomic mass is 10.0. The smallest absolute Gasteiger partial charge is 0.315 e. The second-order valence-corrected chi connectivity index (χ2v) is 4.65. The van der Waals surface area contributed by atoms with E-state index >= 15 is 0 Å². The molecule has 0 aliphatic carbocycles. The summed E-state index contributed by atoms with van der Waals surface area (Å²) in [4.78, 5) is 11.5. The van der Waals surface area contributed by atoms with Crippen LogP contribution in [0, 0.1) is 11.8 Å². The molecule has 0 fully saturated rings. The zero-order valence-corrected chi connectivity index (χ0v) is 10.9. The lowest BCUT2D eigenvalue weighted by Crippen LogP contribution is -2.44. The third-order valence-corrected chi connectivity index (χ3v) is 3.09. The van der Waals surface area contributed by atoms with E-state index in [9.17, 15) is 4.79 Å². The van der Waals surface area contributed by atoms with E-state index in [-0.39, 0.29) is 18.7 Å². The Hall–Kier alpha value is -0.770. The number of hydrogen-bond donors (Lipinski definition) is 3. The SMILES string of the molecule is CCC(C)C(C)NC(=O)NCC(C)CCO. The van der Waals surface area contributed by atoms with E-state index in [1.54, 1.807) is 0 Å². The topological polar surface area (TPSA) is 61.4 Å². The van der Waals surface area contributed by atoms with Gasteiger partial charge >= 0.3 is 6.03 Å². The first-order valence-corrected chi connectivity index (χ1v) is 6.16. The second kappa shape index (κ2) is 8.39. The van der Waals surface area contributed by atoms with Gasteiger partial charge in [0.25, 0.3) is 0 Å². The van der Waals surface area contributed by atoms with E-state index < -0.39 is 0 Å². The lowest BCUT2D eigenvalue weighted by Gasteiger charge is -2.20. The molecular formula is C12H26N2O2. The van der Waals surface area contributed by atoms with Crippen molar-refractivity contribution in [2.75, 3.05) is 13.2 Å². The Morgan fingerprint density at radius 3 is 2.44 bits per heavy atom. The van der Waals surface area contributed by atoms with E-state index in [4.69, 9.17) is 5.11 Å². The van der Waals surface area contributed by atoms with E-state index in [1.165, 1.54) is 0 Å². The monoisotopic (exact) mass is 230 g/mol. The van der Waals surface area contributed by atoms with Crippen molar-refractivity contribution in [2.24, 2.45) is 11.8 Å². The van der Waals surface area contributed by atoms with Gasteiger partial charge in [-0.3, -0.25) is 0 Å². The summed E-state index contributed by atoms with van der Waals surface area (Å²) < 4.78 is 0. The van der Waals surface area contributed by atoms with Gasteiger partial charge in [0.15, 0.2) is 0 Å². The molecule has 3 atom stereocenters. The minimum atomic E-state index is -0.113. The standard InChI is InChI=1S/C12H26N2O2/c1-5-10(3)11(4)14-12(16)13-8-9(2)6-7-15/h9-11,15H,5-8H2,1-4H3,(H2,13,14,16). The molecule has 0 aliphatic heterocycles. The summed E-state index contributed by atoms with van der Waals surface area (Å²) >= 11 is 0. The molecule has 0 rings (SSSR count). The number of aliphatic hydroxyl groups is 1. The number of amides is 2. The Labute approximate surface area is 98.8 Å². The molecule has 0 aromatic carbocycles. The Morgan fingerprint density at radius 2 is 1.94 bits per heavy atom. The van der Waals surface area contributed by atoms with Crippen LogP contribution in [0.3, 0.4) is 0 Å². The van der Waals surface area contributed by atoms with E-state index in [0.717, 1.165) is 12.8 Å². The number of carbonyl (C=O) groups excluding carboxylic acids is 1. The molecule has 16 heavy (non-hydrogen) atoms. The zero-order valence-electron chi connectivity index (χ0n) is 10.9. The van der Waals surface area contributed by atoms with Crippen molar-refractivity contribution < 1.29 is 9.90 Å². The largest absolute Gasteiger partial charge is 0.396 e. The first kappa shape index (κ1) is 15.2. The van der Waals surface area contributed by atoms with Crippen LogP contribution in [0.25, 0.3) is 0 Å². The van der Waals surface area contributed by atoms with Gasteiger partial charge in [-0.1, -0.05) is 27.2 Å². The predicted molar refractivity (Wildman–Crippen MR) is 66.3 cm³/mol. The van der Waals surface area contributed by atoms with E-state index in [0.29, 0.717) is 18.4 Å². The fourth-order valence-electron chi connectivity index (χ4n) is 1.34. The summed E-state index contributed by atoms with van der Waals surface area (Å²) in [6.45, 7) is 9.05. The van der Waals surface area contributed by atoms with Crippen molar-refractivity contribution >= 4 is 6.03 Å². The van der Waals surface area contributed by atoms with Gasteiger partial charge in [-0.2, -0.15) is 0 Å². The summed E-state index contributed by atoms with van der Waals surface area (Å²) in [7, 11) is 0. The first-order chi connectivity index (χ1) is 7.51. The zero-order chi connectivity index (χ0) is 12.6. The predicted octanol–water partition coefficient (Wildman–Crippen LogP) is 1.74. The highest BCUT2D eigenvalue weighted by molar-refractivity contribution is 5.74. The maximum Gasteiger partial charge on any atom is 0.315 e. The Morgan fingerprint density at radius 1 is 1.31 bits per heavy atom. The number of carbonyl (C=O) groups is 1. The molecule has 0 bridgehead atoms. The second-order valence-electron chi connectivity index (χ2n) is 4.65. The molecule has 0 spiro atoms. The van der Waals surface area contributed by atoms with Crippen LogP contribution in [-0.2, 0) is 0 Å².